The topological polar surface area (TPSA) is 38.8 Å². The third kappa shape index (κ3) is 1.94. The van der Waals surface area contributed by atoms with Gasteiger partial charge in [-0.15, -0.1) is 0 Å². The molecule has 1 aromatic carbocycles. The van der Waals surface area contributed by atoms with Crippen LogP contribution in [0.5, 0.6) is 5.75 Å². The number of hydrogen-bond acceptors (Lipinski definition) is 3. The zero-order chi connectivity index (χ0) is 10.7. The Bertz CT molecular complexity index is 365. The van der Waals surface area contributed by atoms with Crippen LogP contribution in [-0.2, 0) is 4.74 Å². The molecule has 0 unspecified atom stereocenters. The third-order valence-electron chi connectivity index (χ3n) is 2.35. The van der Waals surface area contributed by atoms with Crippen molar-refractivity contribution in [2.24, 2.45) is 0 Å². The highest BCUT2D eigenvalue weighted by Gasteiger charge is 2.24. The second-order valence-corrected chi connectivity index (χ2v) is 3.33. The average molecular weight is 207 g/mol. The van der Waals surface area contributed by atoms with Crippen LogP contribution in [0.2, 0.25) is 0 Å². The summed E-state index contributed by atoms with van der Waals surface area (Å²) in [6, 6.07) is 7.27. The van der Waals surface area contributed by atoms with Gasteiger partial charge in [0.05, 0.1) is 12.2 Å². The van der Waals surface area contributed by atoms with Crippen molar-refractivity contribution in [3.63, 3.8) is 0 Å². The van der Waals surface area contributed by atoms with Crippen LogP contribution in [0.25, 0.3) is 0 Å². The number of fused-ring (bicyclic) bond motifs is 1. The highest BCUT2D eigenvalue weighted by Crippen LogP contribution is 2.23. The first-order valence-electron chi connectivity index (χ1n) is 4.83. The number of hydrogen-bond donors (Lipinski definition) is 0. The van der Waals surface area contributed by atoms with E-state index in [-0.39, 0.29) is 5.91 Å². The van der Waals surface area contributed by atoms with E-state index in [0.29, 0.717) is 31.2 Å². The number of ether oxygens (including phenoxy) is 2. The summed E-state index contributed by atoms with van der Waals surface area (Å²) in [7, 11) is 1.61. The molecule has 1 aromatic rings. The molecule has 1 aliphatic rings. The summed E-state index contributed by atoms with van der Waals surface area (Å²) < 4.78 is 10.4. The molecule has 0 bridgehead atoms. The Labute approximate surface area is 88.4 Å². The van der Waals surface area contributed by atoms with E-state index < -0.39 is 0 Å². The summed E-state index contributed by atoms with van der Waals surface area (Å²) >= 11 is 0. The minimum Gasteiger partial charge on any atom is -0.472 e. The SMILES string of the molecule is COCCN1COc2ccccc2C1=O. The van der Waals surface area contributed by atoms with Gasteiger partial charge in [-0.05, 0) is 12.1 Å². The summed E-state index contributed by atoms with van der Waals surface area (Å²) in [5.41, 5.74) is 0.625. The van der Waals surface area contributed by atoms with Crippen molar-refractivity contribution < 1.29 is 14.3 Å². The Hall–Kier alpha value is -1.55. The largest absolute Gasteiger partial charge is 0.472 e. The second kappa shape index (κ2) is 4.31. The molecular formula is C11H13NO3. The number of carbonyl (C=O) groups excluding carboxylic acids is 1. The number of methoxy groups -OCH3 is 1. The summed E-state index contributed by atoms with van der Waals surface area (Å²) in [6.45, 7) is 1.39. The van der Waals surface area contributed by atoms with E-state index >= 15 is 0 Å². The Balaban J connectivity index is 2.15. The van der Waals surface area contributed by atoms with Crippen molar-refractivity contribution in [2.45, 2.75) is 0 Å². The lowest BCUT2D eigenvalue weighted by molar-refractivity contribution is 0.0436. The molecule has 0 atom stereocenters. The number of carbonyl (C=O) groups is 1. The van der Waals surface area contributed by atoms with E-state index in [0.717, 1.165) is 0 Å². The van der Waals surface area contributed by atoms with Gasteiger partial charge in [-0.25, -0.2) is 0 Å². The first-order chi connectivity index (χ1) is 7.33. The van der Waals surface area contributed by atoms with Crippen LogP contribution in [0.1, 0.15) is 10.4 Å². The van der Waals surface area contributed by atoms with Gasteiger partial charge in [-0.2, -0.15) is 0 Å². The lowest BCUT2D eigenvalue weighted by Gasteiger charge is -2.28. The van der Waals surface area contributed by atoms with Crippen molar-refractivity contribution in [1.29, 1.82) is 0 Å². The van der Waals surface area contributed by atoms with E-state index in [2.05, 4.69) is 0 Å². The van der Waals surface area contributed by atoms with Crippen molar-refractivity contribution in [3.8, 4) is 5.75 Å². The van der Waals surface area contributed by atoms with Gasteiger partial charge in [0.2, 0.25) is 0 Å². The molecule has 0 aliphatic carbocycles. The molecule has 4 nitrogen and oxygen atoms in total. The van der Waals surface area contributed by atoms with Crippen molar-refractivity contribution in [2.75, 3.05) is 27.0 Å². The van der Waals surface area contributed by atoms with Gasteiger partial charge in [0.1, 0.15) is 5.75 Å². The van der Waals surface area contributed by atoms with Crippen LogP contribution in [0.3, 0.4) is 0 Å². The molecule has 4 heteroatoms. The molecule has 0 radical (unpaired) electrons. The predicted octanol–water partition coefficient (Wildman–Crippen LogP) is 1.13. The van der Waals surface area contributed by atoms with Gasteiger partial charge < -0.3 is 14.4 Å². The monoisotopic (exact) mass is 207 g/mol. The number of amides is 1. The molecule has 0 saturated heterocycles. The first kappa shape index (κ1) is 9.98. The van der Waals surface area contributed by atoms with E-state index in [1.165, 1.54) is 0 Å². The molecule has 80 valence electrons. The Kier molecular flexibility index (Phi) is 2.87. The molecule has 0 aromatic heterocycles. The van der Waals surface area contributed by atoms with Crippen LogP contribution < -0.4 is 4.74 Å². The third-order valence-corrected chi connectivity index (χ3v) is 2.35. The predicted molar refractivity (Wildman–Crippen MR) is 54.8 cm³/mol. The fourth-order valence-corrected chi connectivity index (χ4v) is 1.51. The van der Waals surface area contributed by atoms with Gasteiger partial charge >= 0.3 is 0 Å². The number of nitrogens with zero attached hydrogens (tertiary/aromatic N) is 1. The van der Waals surface area contributed by atoms with Gasteiger partial charge in [0.25, 0.3) is 5.91 Å². The fourth-order valence-electron chi connectivity index (χ4n) is 1.51. The summed E-state index contributed by atoms with van der Waals surface area (Å²) in [5, 5.41) is 0. The average Bonchev–Trinajstić information content (AvgIpc) is 2.29. The molecule has 0 fully saturated rings. The standard InChI is InChI=1S/C11H13NO3/c1-14-7-6-12-8-15-10-5-3-2-4-9(10)11(12)13/h2-5H,6-8H2,1H3. The lowest BCUT2D eigenvalue weighted by Crippen LogP contribution is -2.40. The highest BCUT2D eigenvalue weighted by molar-refractivity contribution is 5.97. The van der Waals surface area contributed by atoms with Crippen LogP contribution in [0, 0.1) is 0 Å². The summed E-state index contributed by atoms with van der Waals surface area (Å²) in [6.07, 6.45) is 0. The van der Waals surface area contributed by atoms with Crippen LogP contribution in [0.15, 0.2) is 24.3 Å². The van der Waals surface area contributed by atoms with E-state index in [4.69, 9.17) is 9.47 Å². The number of para-hydroxylation sites is 1. The smallest absolute Gasteiger partial charge is 0.260 e. The first-order valence-corrected chi connectivity index (χ1v) is 4.83. The van der Waals surface area contributed by atoms with Gasteiger partial charge in [-0.1, -0.05) is 12.1 Å². The molecule has 1 aliphatic heterocycles. The Morgan fingerprint density at radius 3 is 3.07 bits per heavy atom. The molecule has 0 spiro atoms. The zero-order valence-corrected chi connectivity index (χ0v) is 8.60. The maximum absolute atomic E-state index is 11.9. The number of rotatable bonds is 3. The van der Waals surface area contributed by atoms with E-state index in [1.807, 2.05) is 12.1 Å². The van der Waals surface area contributed by atoms with E-state index in [1.54, 1.807) is 24.1 Å². The van der Waals surface area contributed by atoms with Crippen LogP contribution >= 0.6 is 0 Å². The molecule has 1 amide bonds. The minimum atomic E-state index is 0.00824. The highest BCUT2D eigenvalue weighted by atomic mass is 16.5. The Morgan fingerprint density at radius 2 is 2.27 bits per heavy atom. The molecule has 2 rings (SSSR count). The zero-order valence-electron chi connectivity index (χ0n) is 8.60. The van der Waals surface area contributed by atoms with Crippen LogP contribution in [-0.4, -0.2) is 37.8 Å². The maximum atomic E-state index is 11.9. The van der Waals surface area contributed by atoms with Crippen molar-refractivity contribution in [3.05, 3.63) is 29.8 Å². The van der Waals surface area contributed by atoms with Crippen molar-refractivity contribution >= 4 is 5.91 Å². The quantitative estimate of drug-likeness (QED) is 0.745. The second-order valence-electron chi connectivity index (χ2n) is 3.33. The van der Waals surface area contributed by atoms with Gasteiger partial charge in [0.15, 0.2) is 6.73 Å². The minimum absolute atomic E-state index is 0.00824. The molecule has 15 heavy (non-hydrogen) atoms. The molecule has 0 N–H and O–H groups in total. The van der Waals surface area contributed by atoms with Crippen molar-refractivity contribution in [1.82, 2.24) is 4.90 Å². The Morgan fingerprint density at radius 1 is 1.47 bits per heavy atom. The lowest BCUT2D eigenvalue weighted by atomic mass is 10.1. The fraction of sp³-hybridized carbons (Fsp3) is 0.364. The molecule has 0 saturated carbocycles. The number of benzene rings is 1. The molecule has 1 heterocycles. The normalized spacial score (nSPS) is 14.7. The van der Waals surface area contributed by atoms with E-state index in [9.17, 15) is 4.79 Å². The van der Waals surface area contributed by atoms with Gasteiger partial charge in [0, 0.05) is 13.7 Å². The van der Waals surface area contributed by atoms with Crippen LogP contribution in [0.4, 0.5) is 0 Å². The van der Waals surface area contributed by atoms with Gasteiger partial charge in [-0.3, -0.25) is 4.79 Å². The molecular weight excluding hydrogens is 194 g/mol. The maximum Gasteiger partial charge on any atom is 0.260 e. The summed E-state index contributed by atoms with van der Waals surface area (Å²) in [5.74, 6) is 0.671. The summed E-state index contributed by atoms with van der Waals surface area (Å²) in [4.78, 5) is 13.5.